The second-order valence-electron chi connectivity index (χ2n) is 2.96. The lowest BCUT2D eigenvalue weighted by Crippen LogP contribution is -2.36. The molecule has 0 unspecified atom stereocenters. The van der Waals surface area contributed by atoms with E-state index >= 15 is 0 Å². The van der Waals surface area contributed by atoms with Crippen molar-refractivity contribution in [3.63, 3.8) is 0 Å². The molecule has 0 saturated carbocycles. The Balaban J connectivity index is 2.30. The Labute approximate surface area is 69.5 Å². The second-order valence-corrected chi connectivity index (χ2v) is 2.96. The molecule has 0 radical (unpaired) electrons. The normalized spacial score (nSPS) is 18.2. The third-order valence-corrected chi connectivity index (χ3v) is 1.89. The van der Waals surface area contributed by atoms with E-state index in [0.717, 1.165) is 13.1 Å². The van der Waals surface area contributed by atoms with Crippen LogP contribution in [-0.4, -0.2) is 29.7 Å². The van der Waals surface area contributed by atoms with Crippen LogP contribution >= 0.6 is 0 Å². The van der Waals surface area contributed by atoms with Crippen molar-refractivity contribution < 1.29 is 0 Å². The Morgan fingerprint density at radius 3 is 2.55 bits per heavy atom. The molecule has 0 saturated heterocycles. The maximum atomic E-state index is 2.39. The number of nitrogens with zero attached hydrogens (tertiary/aromatic N) is 2. The molecule has 0 aromatic carbocycles. The van der Waals surface area contributed by atoms with E-state index in [1.807, 2.05) is 0 Å². The van der Waals surface area contributed by atoms with Crippen LogP contribution in [-0.2, 0) is 0 Å². The molecule has 2 heteroatoms. The first-order chi connectivity index (χ1) is 5.38. The molecular weight excluding hydrogens is 136 g/mol. The third-order valence-electron chi connectivity index (χ3n) is 1.89. The molecule has 0 fully saturated rings. The molecule has 0 N–H and O–H groups in total. The van der Waals surface area contributed by atoms with Crippen LogP contribution in [0.15, 0.2) is 12.3 Å². The summed E-state index contributed by atoms with van der Waals surface area (Å²) in [6.07, 6.45) is 6.89. The maximum absolute atomic E-state index is 2.39. The minimum atomic E-state index is 1.10. The van der Waals surface area contributed by atoms with Crippen molar-refractivity contribution in [1.29, 1.82) is 0 Å². The van der Waals surface area contributed by atoms with Crippen LogP contribution in [0.25, 0.3) is 0 Å². The van der Waals surface area contributed by atoms with E-state index in [4.69, 9.17) is 0 Å². The molecule has 1 heterocycles. The van der Waals surface area contributed by atoms with Gasteiger partial charge in [0, 0.05) is 25.8 Å². The topological polar surface area (TPSA) is 6.48 Å². The predicted octanol–water partition coefficient (Wildman–Crippen LogP) is 1.85. The summed E-state index contributed by atoms with van der Waals surface area (Å²) in [5, 5.41) is 4.72. The molecule has 1 aliphatic rings. The molecule has 0 aromatic heterocycles. The fourth-order valence-corrected chi connectivity index (χ4v) is 1.41. The van der Waals surface area contributed by atoms with Crippen LogP contribution in [0.1, 0.15) is 26.7 Å². The molecule has 0 aromatic rings. The minimum absolute atomic E-state index is 1.10. The molecule has 64 valence electrons. The Morgan fingerprint density at radius 1 is 1.18 bits per heavy atom. The fraction of sp³-hybridized carbons (Fsp3) is 0.778. The molecule has 0 amide bonds. The highest BCUT2D eigenvalue weighted by Crippen LogP contribution is 2.08. The summed E-state index contributed by atoms with van der Waals surface area (Å²) in [6.45, 7) is 7.90. The second kappa shape index (κ2) is 4.39. The Kier molecular flexibility index (Phi) is 3.43. The van der Waals surface area contributed by atoms with E-state index in [1.54, 1.807) is 0 Å². The summed E-state index contributed by atoms with van der Waals surface area (Å²) in [5.41, 5.74) is 0. The molecule has 0 aliphatic carbocycles. The molecule has 11 heavy (non-hydrogen) atoms. The van der Waals surface area contributed by atoms with E-state index in [-0.39, 0.29) is 0 Å². The summed E-state index contributed by atoms with van der Waals surface area (Å²) < 4.78 is 0. The van der Waals surface area contributed by atoms with E-state index in [2.05, 4.69) is 36.1 Å². The summed E-state index contributed by atoms with van der Waals surface area (Å²) in [7, 11) is 0. The van der Waals surface area contributed by atoms with Gasteiger partial charge in [-0.2, -0.15) is 0 Å². The van der Waals surface area contributed by atoms with Gasteiger partial charge in [0.25, 0.3) is 0 Å². The quantitative estimate of drug-likeness (QED) is 0.609. The van der Waals surface area contributed by atoms with Crippen molar-refractivity contribution in [2.24, 2.45) is 0 Å². The summed E-state index contributed by atoms with van der Waals surface area (Å²) in [4.78, 5) is 0. The van der Waals surface area contributed by atoms with E-state index in [0.29, 0.717) is 0 Å². The van der Waals surface area contributed by atoms with Crippen molar-refractivity contribution in [3.05, 3.63) is 12.3 Å². The largest absolute Gasteiger partial charge is 0.313 e. The van der Waals surface area contributed by atoms with E-state index < -0.39 is 0 Å². The number of hydrogen-bond acceptors (Lipinski definition) is 2. The number of hydrogen-bond donors (Lipinski definition) is 0. The van der Waals surface area contributed by atoms with Crippen LogP contribution < -0.4 is 0 Å². The van der Waals surface area contributed by atoms with Gasteiger partial charge < -0.3 is 5.01 Å². The fourth-order valence-electron chi connectivity index (χ4n) is 1.41. The van der Waals surface area contributed by atoms with Crippen molar-refractivity contribution in [2.75, 3.05) is 19.6 Å². The standard InChI is InChI=1S/C9H18N2/c1-3-6-10-8-5-9-11(10)7-4-2/h5,8H,3-4,6-7,9H2,1-2H3. The lowest BCUT2D eigenvalue weighted by molar-refractivity contribution is 0.0523. The maximum Gasteiger partial charge on any atom is 0.0379 e. The third kappa shape index (κ3) is 2.22. The van der Waals surface area contributed by atoms with Crippen LogP contribution in [0.3, 0.4) is 0 Å². The van der Waals surface area contributed by atoms with Crippen molar-refractivity contribution in [2.45, 2.75) is 26.7 Å². The van der Waals surface area contributed by atoms with Gasteiger partial charge in [0.05, 0.1) is 0 Å². The molecule has 1 aliphatic heterocycles. The summed E-state index contributed by atoms with van der Waals surface area (Å²) >= 11 is 0. The van der Waals surface area contributed by atoms with Crippen LogP contribution in [0.5, 0.6) is 0 Å². The van der Waals surface area contributed by atoms with Gasteiger partial charge in [0.1, 0.15) is 0 Å². The van der Waals surface area contributed by atoms with Gasteiger partial charge in [0.2, 0.25) is 0 Å². The Hall–Kier alpha value is -0.500. The van der Waals surface area contributed by atoms with Gasteiger partial charge in [0.15, 0.2) is 0 Å². The summed E-state index contributed by atoms with van der Waals surface area (Å²) in [5.74, 6) is 0. The van der Waals surface area contributed by atoms with E-state index in [1.165, 1.54) is 19.4 Å². The lowest BCUT2D eigenvalue weighted by atomic mass is 10.4. The first kappa shape index (κ1) is 8.60. The number of rotatable bonds is 4. The lowest BCUT2D eigenvalue weighted by Gasteiger charge is -2.28. The van der Waals surface area contributed by atoms with Gasteiger partial charge in [-0.15, -0.1) is 0 Å². The Morgan fingerprint density at radius 2 is 1.91 bits per heavy atom. The van der Waals surface area contributed by atoms with Gasteiger partial charge in [-0.25, -0.2) is 5.01 Å². The molecule has 0 spiro atoms. The van der Waals surface area contributed by atoms with Crippen molar-refractivity contribution in [3.8, 4) is 0 Å². The SMILES string of the molecule is CCCN1C=CCN1CCC. The molecule has 0 bridgehead atoms. The molecular formula is C9H18N2. The van der Waals surface area contributed by atoms with Gasteiger partial charge in [-0.3, -0.25) is 0 Å². The van der Waals surface area contributed by atoms with Crippen LogP contribution in [0.2, 0.25) is 0 Å². The van der Waals surface area contributed by atoms with Gasteiger partial charge in [-0.05, 0) is 12.8 Å². The summed E-state index contributed by atoms with van der Waals surface area (Å²) in [6, 6.07) is 0. The highest BCUT2D eigenvalue weighted by atomic mass is 15.6. The predicted molar refractivity (Wildman–Crippen MR) is 48.0 cm³/mol. The monoisotopic (exact) mass is 154 g/mol. The van der Waals surface area contributed by atoms with Crippen molar-refractivity contribution in [1.82, 2.24) is 10.0 Å². The van der Waals surface area contributed by atoms with Gasteiger partial charge in [-0.1, -0.05) is 19.9 Å². The highest BCUT2D eigenvalue weighted by molar-refractivity contribution is 4.90. The first-order valence-electron chi connectivity index (χ1n) is 4.56. The zero-order valence-electron chi connectivity index (χ0n) is 7.58. The smallest absolute Gasteiger partial charge is 0.0379 e. The van der Waals surface area contributed by atoms with Gasteiger partial charge >= 0.3 is 0 Å². The average Bonchev–Trinajstić information content (AvgIpc) is 2.39. The molecule has 0 atom stereocenters. The highest BCUT2D eigenvalue weighted by Gasteiger charge is 2.12. The van der Waals surface area contributed by atoms with Crippen molar-refractivity contribution >= 4 is 0 Å². The number of hydrazine groups is 1. The zero-order valence-corrected chi connectivity index (χ0v) is 7.58. The first-order valence-corrected chi connectivity index (χ1v) is 4.56. The van der Waals surface area contributed by atoms with Crippen LogP contribution in [0, 0.1) is 0 Å². The zero-order chi connectivity index (χ0) is 8.10. The Bertz CT molecular complexity index is 132. The van der Waals surface area contributed by atoms with E-state index in [9.17, 15) is 0 Å². The molecule has 2 nitrogen and oxygen atoms in total. The minimum Gasteiger partial charge on any atom is -0.313 e. The van der Waals surface area contributed by atoms with Crippen LogP contribution in [0.4, 0.5) is 0 Å². The molecule has 1 rings (SSSR count). The average molecular weight is 154 g/mol.